The van der Waals surface area contributed by atoms with Crippen LogP contribution in [0.15, 0.2) is 23.1 Å². The molecule has 0 aromatic carbocycles. The Morgan fingerprint density at radius 3 is 2.85 bits per heavy atom. The second kappa shape index (κ2) is 5.64. The number of aromatic amines is 1. The number of rotatable bonds is 5. The largest absolute Gasteiger partial charge is 0.481 e. The van der Waals surface area contributed by atoms with Crippen LogP contribution in [0.2, 0.25) is 0 Å². The normalized spacial score (nSPS) is 12.6. The van der Waals surface area contributed by atoms with E-state index in [0.717, 1.165) is 0 Å². The number of carboxylic acid groups (broad SMARTS) is 1. The van der Waals surface area contributed by atoms with Crippen molar-refractivity contribution in [3.63, 3.8) is 0 Å². The molecule has 2 rings (SSSR count). The van der Waals surface area contributed by atoms with Crippen molar-refractivity contribution in [2.24, 2.45) is 5.92 Å². The molecule has 0 aliphatic rings. The first-order chi connectivity index (χ1) is 9.49. The Bertz CT molecular complexity index is 661. The summed E-state index contributed by atoms with van der Waals surface area (Å²) in [5.41, 5.74) is 0.283. The molecule has 0 amide bonds. The molecule has 0 saturated carbocycles. The van der Waals surface area contributed by atoms with Crippen LogP contribution in [0.4, 0.5) is 0 Å². The van der Waals surface area contributed by atoms with Gasteiger partial charge in [0.1, 0.15) is 0 Å². The van der Waals surface area contributed by atoms with E-state index in [2.05, 4.69) is 20.5 Å². The maximum Gasteiger partial charge on any atom is 0.305 e. The zero-order valence-electron chi connectivity index (χ0n) is 11.1. The lowest BCUT2D eigenvalue weighted by molar-refractivity contribution is -0.138. The van der Waals surface area contributed by atoms with Gasteiger partial charge in [0.25, 0.3) is 0 Å². The fourth-order valence-corrected chi connectivity index (χ4v) is 1.97. The lowest BCUT2D eigenvalue weighted by atomic mass is 10.0. The highest BCUT2D eigenvalue weighted by Crippen LogP contribution is 2.25. The molecule has 8 heteroatoms. The number of carboxylic acids is 1. The van der Waals surface area contributed by atoms with Gasteiger partial charge in [-0.3, -0.25) is 9.59 Å². The summed E-state index contributed by atoms with van der Waals surface area (Å²) in [5.74, 6) is -0.498. The number of H-pyrrole nitrogens is 1. The summed E-state index contributed by atoms with van der Waals surface area (Å²) in [7, 11) is 0. The van der Waals surface area contributed by atoms with Gasteiger partial charge in [0, 0.05) is 17.8 Å². The van der Waals surface area contributed by atoms with Crippen LogP contribution in [-0.4, -0.2) is 36.3 Å². The molecule has 2 N–H and O–H groups in total. The first kappa shape index (κ1) is 13.9. The molecular formula is C12H15N5O3. The Labute approximate surface area is 114 Å². The van der Waals surface area contributed by atoms with Crippen molar-refractivity contribution >= 4 is 5.97 Å². The topological polar surface area (TPSA) is 114 Å². The number of pyridine rings is 1. The lowest BCUT2D eigenvalue weighted by Gasteiger charge is -2.20. The monoisotopic (exact) mass is 277 g/mol. The minimum atomic E-state index is -0.920. The second-order valence-corrected chi connectivity index (χ2v) is 4.80. The predicted octanol–water partition coefficient (Wildman–Crippen LogP) is 0.700. The molecule has 0 saturated heterocycles. The molecule has 8 nitrogen and oxygen atoms in total. The van der Waals surface area contributed by atoms with Crippen molar-refractivity contribution in [1.29, 1.82) is 0 Å². The number of hydrogen-bond donors (Lipinski definition) is 2. The maximum atomic E-state index is 11.4. The minimum Gasteiger partial charge on any atom is -0.481 e. The third-order valence-electron chi connectivity index (χ3n) is 2.99. The molecule has 20 heavy (non-hydrogen) atoms. The number of nitrogens with one attached hydrogen (secondary N) is 1. The molecule has 1 unspecified atom stereocenters. The summed E-state index contributed by atoms with van der Waals surface area (Å²) >= 11 is 0. The highest BCUT2D eigenvalue weighted by molar-refractivity contribution is 5.67. The molecule has 2 aromatic heterocycles. The Morgan fingerprint density at radius 2 is 2.25 bits per heavy atom. The average Bonchev–Trinajstić information content (AvgIpc) is 2.84. The van der Waals surface area contributed by atoms with E-state index in [0.29, 0.717) is 11.4 Å². The third kappa shape index (κ3) is 2.90. The molecule has 0 aliphatic heterocycles. The van der Waals surface area contributed by atoms with Crippen LogP contribution in [0.5, 0.6) is 0 Å². The van der Waals surface area contributed by atoms with Crippen molar-refractivity contribution in [3.8, 4) is 11.4 Å². The van der Waals surface area contributed by atoms with Gasteiger partial charge >= 0.3 is 5.97 Å². The first-order valence-electron chi connectivity index (χ1n) is 6.18. The molecule has 0 bridgehead atoms. The number of hydrogen-bond acceptors (Lipinski definition) is 5. The smallest absolute Gasteiger partial charge is 0.305 e. The van der Waals surface area contributed by atoms with Gasteiger partial charge in [0.2, 0.25) is 5.56 Å². The summed E-state index contributed by atoms with van der Waals surface area (Å²) in [5, 5.41) is 20.4. The zero-order valence-corrected chi connectivity index (χ0v) is 11.1. The highest BCUT2D eigenvalue weighted by Gasteiger charge is 2.24. The van der Waals surface area contributed by atoms with Crippen LogP contribution in [0.25, 0.3) is 11.4 Å². The SMILES string of the molecule is CC(C)C(CC(=O)O)n1nnnc1-c1cc[nH]c(=O)c1. The number of nitrogens with zero attached hydrogens (tertiary/aromatic N) is 4. The Morgan fingerprint density at radius 1 is 1.50 bits per heavy atom. The van der Waals surface area contributed by atoms with E-state index < -0.39 is 5.97 Å². The van der Waals surface area contributed by atoms with E-state index >= 15 is 0 Å². The van der Waals surface area contributed by atoms with Crippen LogP contribution >= 0.6 is 0 Å². The van der Waals surface area contributed by atoms with E-state index in [-0.39, 0.29) is 23.9 Å². The second-order valence-electron chi connectivity index (χ2n) is 4.80. The van der Waals surface area contributed by atoms with Crippen molar-refractivity contribution < 1.29 is 9.90 Å². The van der Waals surface area contributed by atoms with Gasteiger partial charge in [-0.25, -0.2) is 4.68 Å². The molecule has 2 heterocycles. The lowest BCUT2D eigenvalue weighted by Crippen LogP contribution is -2.21. The molecule has 0 radical (unpaired) electrons. The summed E-state index contributed by atoms with van der Waals surface area (Å²) in [6.45, 7) is 3.80. The number of tetrazole rings is 1. The molecule has 1 atom stereocenters. The van der Waals surface area contributed by atoms with Crippen molar-refractivity contribution in [3.05, 3.63) is 28.7 Å². The van der Waals surface area contributed by atoms with Crippen LogP contribution in [-0.2, 0) is 4.79 Å². The van der Waals surface area contributed by atoms with Gasteiger partial charge in [-0.05, 0) is 22.4 Å². The number of aromatic nitrogens is 5. The van der Waals surface area contributed by atoms with E-state index in [1.165, 1.54) is 16.9 Å². The molecule has 2 aromatic rings. The Kier molecular flexibility index (Phi) is 3.92. The standard InChI is InChI=1S/C12H15N5O3/c1-7(2)9(6-11(19)20)17-12(14-15-16-17)8-3-4-13-10(18)5-8/h3-5,7,9H,6H2,1-2H3,(H,13,18)(H,19,20). The van der Waals surface area contributed by atoms with Crippen LogP contribution in [0, 0.1) is 5.92 Å². The van der Waals surface area contributed by atoms with E-state index in [4.69, 9.17) is 5.11 Å². The highest BCUT2D eigenvalue weighted by atomic mass is 16.4. The van der Waals surface area contributed by atoms with E-state index in [9.17, 15) is 9.59 Å². The number of carbonyl (C=O) groups is 1. The van der Waals surface area contributed by atoms with E-state index in [1.807, 2.05) is 13.8 Å². The first-order valence-corrected chi connectivity index (χ1v) is 6.18. The molecular weight excluding hydrogens is 262 g/mol. The molecule has 0 aliphatic carbocycles. The fraction of sp³-hybridized carbons (Fsp3) is 0.417. The summed E-state index contributed by atoms with van der Waals surface area (Å²) in [6, 6.07) is 2.67. The third-order valence-corrected chi connectivity index (χ3v) is 2.99. The predicted molar refractivity (Wildman–Crippen MR) is 70.0 cm³/mol. The van der Waals surface area contributed by atoms with Crippen LogP contribution in [0.3, 0.4) is 0 Å². The van der Waals surface area contributed by atoms with Crippen LogP contribution in [0.1, 0.15) is 26.3 Å². The van der Waals surface area contributed by atoms with Gasteiger partial charge in [-0.15, -0.1) is 5.10 Å². The molecule has 0 fully saturated rings. The minimum absolute atomic E-state index is 0.0374. The number of aliphatic carboxylic acids is 1. The quantitative estimate of drug-likeness (QED) is 0.831. The zero-order chi connectivity index (χ0) is 14.7. The average molecular weight is 277 g/mol. The van der Waals surface area contributed by atoms with Gasteiger partial charge < -0.3 is 10.1 Å². The van der Waals surface area contributed by atoms with Crippen molar-refractivity contribution in [1.82, 2.24) is 25.2 Å². The van der Waals surface area contributed by atoms with Gasteiger partial charge in [0.05, 0.1) is 12.5 Å². The Hall–Kier alpha value is -2.51. The Balaban J connectivity index is 2.45. The summed E-state index contributed by atoms with van der Waals surface area (Å²) < 4.78 is 1.47. The molecule has 0 spiro atoms. The van der Waals surface area contributed by atoms with Gasteiger partial charge in [-0.2, -0.15) is 0 Å². The fourth-order valence-electron chi connectivity index (χ4n) is 1.97. The van der Waals surface area contributed by atoms with Crippen molar-refractivity contribution in [2.75, 3.05) is 0 Å². The summed E-state index contributed by atoms with van der Waals surface area (Å²) in [4.78, 5) is 24.8. The van der Waals surface area contributed by atoms with Gasteiger partial charge in [-0.1, -0.05) is 13.8 Å². The van der Waals surface area contributed by atoms with E-state index in [1.54, 1.807) is 6.07 Å². The van der Waals surface area contributed by atoms with Crippen LogP contribution < -0.4 is 5.56 Å². The van der Waals surface area contributed by atoms with Gasteiger partial charge in [0.15, 0.2) is 5.82 Å². The molecule has 106 valence electrons. The maximum absolute atomic E-state index is 11.4. The van der Waals surface area contributed by atoms with Crippen molar-refractivity contribution in [2.45, 2.75) is 26.3 Å². The summed E-state index contributed by atoms with van der Waals surface area (Å²) in [6.07, 6.45) is 1.41.